The zero-order chi connectivity index (χ0) is 16.4. The van der Waals surface area contributed by atoms with E-state index in [0.29, 0.717) is 25.3 Å². The molecule has 0 aliphatic carbocycles. The largest absolute Gasteiger partial charge is 0.454 e. The summed E-state index contributed by atoms with van der Waals surface area (Å²) < 4.78 is 10.6. The fraction of sp³-hybridized carbons (Fsp3) is 0.529. The highest BCUT2D eigenvalue weighted by Crippen LogP contribution is 2.32. The van der Waals surface area contributed by atoms with Gasteiger partial charge in [0.1, 0.15) is 0 Å². The van der Waals surface area contributed by atoms with Crippen molar-refractivity contribution < 1.29 is 19.1 Å². The number of amides is 2. The number of carbonyl (C=O) groups excluding carboxylic acids is 2. The molecule has 6 heteroatoms. The third kappa shape index (κ3) is 3.25. The summed E-state index contributed by atoms with van der Waals surface area (Å²) in [4.78, 5) is 26.1. The van der Waals surface area contributed by atoms with Gasteiger partial charge in [-0.3, -0.25) is 9.59 Å². The molecule has 2 heterocycles. The van der Waals surface area contributed by atoms with Crippen molar-refractivity contribution in [1.82, 2.24) is 10.2 Å². The zero-order valence-corrected chi connectivity index (χ0v) is 13.5. The van der Waals surface area contributed by atoms with E-state index in [1.54, 1.807) is 0 Å². The van der Waals surface area contributed by atoms with Crippen LogP contribution in [0.3, 0.4) is 0 Å². The van der Waals surface area contributed by atoms with Gasteiger partial charge in [0.15, 0.2) is 11.5 Å². The van der Waals surface area contributed by atoms with Crippen LogP contribution in [0.5, 0.6) is 11.5 Å². The topological polar surface area (TPSA) is 67.9 Å². The quantitative estimate of drug-likeness (QED) is 0.897. The summed E-state index contributed by atoms with van der Waals surface area (Å²) in [5, 5.41) is 2.92. The van der Waals surface area contributed by atoms with Crippen molar-refractivity contribution in [2.75, 3.05) is 13.3 Å². The predicted molar refractivity (Wildman–Crippen MR) is 84.0 cm³/mol. The van der Waals surface area contributed by atoms with Crippen molar-refractivity contribution >= 4 is 11.8 Å². The van der Waals surface area contributed by atoms with Gasteiger partial charge in [0.25, 0.3) is 0 Å². The maximum atomic E-state index is 12.3. The van der Waals surface area contributed by atoms with Crippen LogP contribution in [-0.2, 0) is 16.1 Å². The molecule has 6 nitrogen and oxygen atoms in total. The third-order valence-corrected chi connectivity index (χ3v) is 4.56. The van der Waals surface area contributed by atoms with E-state index in [4.69, 9.17) is 9.47 Å². The molecular weight excluding hydrogens is 296 g/mol. The monoisotopic (exact) mass is 318 g/mol. The standard InChI is InChI=1S/C17H22N2O4/c1-3-11(2)19-9-13(7-16(19)20)17(21)18-8-12-4-5-14-15(6-12)23-10-22-14/h4-6,11,13H,3,7-10H2,1-2H3,(H,18,21). The first-order valence-corrected chi connectivity index (χ1v) is 8.04. The normalized spacial score (nSPS) is 20.7. The molecule has 3 rings (SSSR count). The number of fused-ring (bicyclic) bond motifs is 1. The van der Waals surface area contributed by atoms with Crippen LogP contribution >= 0.6 is 0 Å². The van der Waals surface area contributed by atoms with Gasteiger partial charge in [0.2, 0.25) is 18.6 Å². The summed E-state index contributed by atoms with van der Waals surface area (Å²) in [6.07, 6.45) is 1.20. The van der Waals surface area contributed by atoms with E-state index in [0.717, 1.165) is 17.7 Å². The fourth-order valence-corrected chi connectivity index (χ4v) is 2.94. The molecule has 23 heavy (non-hydrogen) atoms. The van der Waals surface area contributed by atoms with Gasteiger partial charge >= 0.3 is 0 Å². The fourth-order valence-electron chi connectivity index (χ4n) is 2.94. The second-order valence-corrected chi connectivity index (χ2v) is 6.11. The first kappa shape index (κ1) is 15.6. The van der Waals surface area contributed by atoms with Crippen LogP contribution < -0.4 is 14.8 Å². The van der Waals surface area contributed by atoms with E-state index in [1.807, 2.05) is 36.9 Å². The molecule has 1 aromatic carbocycles. The van der Waals surface area contributed by atoms with Gasteiger partial charge in [-0.15, -0.1) is 0 Å². The van der Waals surface area contributed by atoms with Crippen LogP contribution in [0.25, 0.3) is 0 Å². The highest BCUT2D eigenvalue weighted by Gasteiger charge is 2.35. The number of ether oxygens (including phenoxy) is 2. The molecular formula is C17H22N2O4. The van der Waals surface area contributed by atoms with Crippen LogP contribution in [0.2, 0.25) is 0 Å². The number of nitrogens with zero attached hydrogens (tertiary/aromatic N) is 1. The average molecular weight is 318 g/mol. The lowest BCUT2D eigenvalue weighted by molar-refractivity contribution is -0.130. The maximum Gasteiger partial charge on any atom is 0.231 e. The number of nitrogens with one attached hydrogen (secondary N) is 1. The third-order valence-electron chi connectivity index (χ3n) is 4.56. The minimum atomic E-state index is -0.259. The number of carbonyl (C=O) groups is 2. The minimum Gasteiger partial charge on any atom is -0.454 e. The van der Waals surface area contributed by atoms with Crippen molar-refractivity contribution in [3.63, 3.8) is 0 Å². The Morgan fingerprint density at radius 3 is 2.96 bits per heavy atom. The lowest BCUT2D eigenvalue weighted by Crippen LogP contribution is -2.36. The summed E-state index contributed by atoms with van der Waals surface area (Å²) in [7, 11) is 0. The van der Waals surface area contributed by atoms with E-state index in [-0.39, 0.29) is 30.6 Å². The second-order valence-electron chi connectivity index (χ2n) is 6.11. The molecule has 1 aromatic rings. The van der Waals surface area contributed by atoms with Gasteiger partial charge in [0.05, 0.1) is 5.92 Å². The van der Waals surface area contributed by atoms with E-state index in [9.17, 15) is 9.59 Å². The highest BCUT2D eigenvalue weighted by molar-refractivity contribution is 5.89. The average Bonchev–Trinajstić information content (AvgIpc) is 3.17. The lowest BCUT2D eigenvalue weighted by atomic mass is 10.1. The van der Waals surface area contributed by atoms with Crippen molar-refractivity contribution in [2.45, 2.75) is 39.3 Å². The Morgan fingerprint density at radius 1 is 1.39 bits per heavy atom. The molecule has 2 aliphatic rings. The molecule has 0 bridgehead atoms. The first-order valence-electron chi connectivity index (χ1n) is 8.04. The molecule has 1 fully saturated rings. The Balaban J connectivity index is 1.55. The predicted octanol–water partition coefficient (Wildman–Crippen LogP) is 1.68. The van der Waals surface area contributed by atoms with Gasteiger partial charge in [-0.05, 0) is 31.0 Å². The van der Waals surface area contributed by atoms with Gasteiger partial charge in [-0.1, -0.05) is 13.0 Å². The van der Waals surface area contributed by atoms with Crippen LogP contribution in [-0.4, -0.2) is 36.1 Å². The van der Waals surface area contributed by atoms with E-state index < -0.39 is 0 Å². The molecule has 2 amide bonds. The van der Waals surface area contributed by atoms with Crippen LogP contribution in [0.1, 0.15) is 32.3 Å². The van der Waals surface area contributed by atoms with Crippen molar-refractivity contribution in [1.29, 1.82) is 0 Å². The SMILES string of the molecule is CCC(C)N1CC(C(=O)NCc2ccc3c(c2)OCO3)CC1=O. The molecule has 0 radical (unpaired) electrons. The number of likely N-dealkylation sites (tertiary alicyclic amines) is 1. The number of rotatable bonds is 5. The summed E-state index contributed by atoms with van der Waals surface area (Å²) in [5.41, 5.74) is 0.950. The molecule has 0 saturated carbocycles. The minimum absolute atomic E-state index is 0.0678. The van der Waals surface area contributed by atoms with E-state index >= 15 is 0 Å². The molecule has 2 atom stereocenters. The molecule has 2 unspecified atom stereocenters. The summed E-state index contributed by atoms with van der Waals surface area (Å²) in [6, 6.07) is 5.80. The van der Waals surface area contributed by atoms with Crippen molar-refractivity contribution in [3.05, 3.63) is 23.8 Å². The van der Waals surface area contributed by atoms with Crippen LogP contribution in [0.4, 0.5) is 0 Å². The number of hydrogen-bond acceptors (Lipinski definition) is 4. The summed E-state index contributed by atoms with van der Waals surface area (Å²) >= 11 is 0. The highest BCUT2D eigenvalue weighted by atomic mass is 16.7. The van der Waals surface area contributed by atoms with E-state index in [1.165, 1.54) is 0 Å². The van der Waals surface area contributed by atoms with Gasteiger partial charge in [0, 0.05) is 25.6 Å². The smallest absolute Gasteiger partial charge is 0.231 e. The van der Waals surface area contributed by atoms with Crippen molar-refractivity contribution in [3.8, 4) is 11.5 Å². The molecule has 0 aromatic heterocycles. The van der Waals surface area contributed by atoms with Crippen LogP contribution in [0.15, 0.2) is 18.2 Å². The van der Waals surface area contributed by atoms with E-state index in [2.05, 4.69) is 5.32 Å². The van der Waals surface area contributed by atoms with Gasteiger partial charge < -0.3 is 19.7 Å². The van der Waals surface area contributed by atoms with Crippen molar-refractivity contribution in [2.24, 2.45) is 5.92 Å². The van der Waals surface area contributed by atoms with Crippen LogP contribution in [0, 0.1) is 5.92 Å². The molecule has 0 spiro atoms. The number of hydrogen-bond donors (Lipinski definition) is 1. The summed E-state index contributed by atoms with van der Waals surface area (Å²) in [6.45, 7) is 5.24. The van der Waals surface area contributed by atoms with Gasteiger partial charge in [-0.2, -0.15) is 0 Å². The molecule has 2 aliphatic heterocycles. The Morgan fingerprint density at radius 2 is 2.17 bits per heavy atom. The Labute approximate surface area is 135 Å². The zero-order valence-electron chi connectivity index (χ0n) is 13.5. The lowest BCUT2D eigenvalue weighted by Gasteiger charge is -2.23. The first-order chi connectivity index (χ1) is 11.1. The molecule has 1 N–H and O–H groups in total. The molecule has 1 saturated heterocycles. The number of benzene rings is 1. The second kappa shape index (κ2) is 6.48. The molecule has 124 valence electrons. The van der Waals surface area contributed by atoms with Gasteiger partial charge in [-0.25, -0.2) is 0 Å². The summed E-state index contributed by atoms with van der Waals surface area (Å²) in [5.74, 6) is 1.18. The maximum absolute atomic E-state index is 12.3. The Bertz CT molecular complexity index is 617. The Kier molecular flexibility index (Phi) is 4.41. The Hall–Kier alpha value is -2.24.